The average molecular weight is 395 g/mol. The van der Waals surface area contributed by atoms with Gasteiger partial charge in [-0.05, 0) is 36.4 Å². The fourth-order valence-electron chi connectivity index (χ4n) is 2.56. The maximum absolute atomic E-state index is 12.3. The molecule has 5 nitrogen and oxygen atoms in total. The highest BCUT2D eigenvalue weighted by molar-refractivity contribution is 8.00. The van der Waals surface area contributed by atoms with E-state index in [9.17, 15) is 4.79 Å². The van der Waals surface area contributed by atoms with E-state index in [0.717, 1.165) is 10.6 Å². The molecule has 0 atom stereocenters. The standard InChI is InChI=1S/C20H15ClN4OS/c21-16-11-18-19(24-25(23-18)14-7-3-1-4-8-14)12-17(16)22-20(26)13-27-15-9-5-2-6-10-15/h1-12H,13H2,(H,22,26). The van der Waals surface area contributed by atoms with Gasteiger partial charge in [0, 0.05) is 4.90 Å². The Morgan fingerprint density at radius 1 is 0.963 bits per heavy atom. The summed E-state index contributed by atoms with van der Waals surface area (Å²) in [7, 11) is 0. The van der Waals surface area contributed by atoms with Crippen molar-refractivity contribution in [1.82, 2.24) is 15.0 Å². The molecule has 1 amide bonds. The molecule has 4 rings (SSSR count). The molecule has 0 unspecified atom stereocenters. The normalized spacial score (nSPS) is 10.9. The first kappa shape index (κ1) is 17.6. The Balaban J connectivity index is 1.51. The van der Waals surface area contributed by atoms with Crippen LogP contribution < -0.4 is 5.32 Å². The van der Waals surface area contributed by atoms with Crippen LogP contribution >= 0.6 is 23.4 Å². The van der Waals surface area contributed by atoms with Gasteiger partial charge in [0.05, 0.1) is 22.2 Å². The van der Waals surface area contributed by atoms with Crippen LogP contribution in [0.15, 0.2) is 77.7 Å². The van der Waals surface area contributed by atoms with Gasteiger partial charge >= 0.3 is 0 Å². The van der Waals surface area contributed by atoms with Crippen LogP contribution in [0.4, 0.5) is 5.69 Å². The average Bonchev–Trinajstić information content (AvgIpc) is 3.11. The number of fused-ring (bicyclic) bond motifs is 1. The zero-order chi connectivity index (χ0) is 18.6. The topological polar surface area (TPSA) is 59.8 Å². The van der Waals surface area contributed by atoms with E-state index < -0.39 is 0 Å². The lowest BCUT2D eigenvalue weighted by Gasteiger charge is -2.07. The summed E-state index contributed by atoms with van der Waals surface area (Å²) in [6.07, 6.45) is 0. The van der Waals surface area contributed by atoms with E-state index in [1.165, 1.54) is 11.8 Å². The zero-order valence-corrected chi connectivity index (χ0v) is 15.7. The largest absolute Gasteiger partial charge is 0.324 e. The van der Waals surface area contributed by atoms with Crippen LogP contribution in [0.1, 0.15) is 0 Å². The smallest absolute Gasteiger partial charge is 0.234 e. The van der Waals surface area contributed by atoms with Crippen molar-refractivity contribution in [2.75, 3.05) is 11.1 Å². The summed E-state index contributed by atoms with van der Waals surface area (Å²) >= 11 is 7.79. The summed E-state index contributed by atoms with van der Waals surface area (Å²) < 4.78 is 0. The molecular formula is C20H15ClN4OS. The Bertz CT molecular complexity index is 1080. The Morgan fingerprint density at radius 3 is 2.30 bits per heavy atom. The molecule has 7 heteroatoms. The molecule has 1 aromatic heterocycles. The Kier molecular flexibility index (Phi) is 5.09. The minimum absolute atomic E-state index is 0.124. The predicted molar refractivity (Wildman–Crippen MR) is 110 cm³/mol. The Morgan fingerprint density at radius 2 is 1.59 bits per heavy atom. The molecule has 0 aliphatic rings. The molecule has 4 aromatic rings. The van der Waals surface area contributed by atoms with Gasteiger partial charge in [-0.15, -0.1) is 22.0 Å². The van der Waals surface area contributed by atoms with Crippen LogP contribution in [0.5, 0.6) is 0 Å². The van der Waals surface area contributed by atoms with Crippen LogP contribution in [-0.2, 0) is 4.79 Å². The maximum Gasteiger partial charge on any atom is 0.234 e. The third-order valence-corrected chi connectivity index (χ3v) is 5.17. The molecule has 0 spiro atoms. The first-order chi connectivity index (χ1) is 13.2. The first-order valence-electron chi connectivity index (χ1n) is 8.29. The first-order valence-corrected chi connectivity index (χ1v) is 9.65. The SMILES string of the molecule is O=C(CSc1ccccc1)Nc1cc2nn(-c3ccccc3)nc2cc1Cl. The highest BCUT2D eigenvalue weighted by atomic mass is 35.5. The summed E-state index contributed by atoms with van der Waals surface area (Å²) in [5.74, 6) is 0.176. The third-order valence-electron chi connectivity index (χ3n) is 3.84. The van der Waals surface area contributed by atoms with Crippen LogP contribution in [0.2, 0.25) is 5.02 Å². The number of carbonyl (C=O) groups excluding carboxylic acids is 1. The number of para-hydroxylation sites is 1. The molecule has 0 radical (unpaired) electrons. The number of carbonyl (C=O) groups is 1. The summed E-state index contributed by atoms with van der Waals surface area (Å²) in [6, 6.07) is 22.9. The van der Waals surface area contributed by atoms with Gasteiger partial charge in [-0.2, -0.15) is 4.80 Å². The Hall–Kier alpha value is -2.83. The van der Waals surface area contributed by atoms with E-state index in [0.29, 0.717) is 27.5 Å². The lowest BCUT2D eigenvalue weighted by Crippen LogP contribution is -2.14. The fraction of sp³-hybridized carbons (Fsp3) is 0.0500. The molecule has 0 saturated carbocycles. The van der Waals surface area contributed by atoms with Crippen molar-refractivity contribution in [3.63, 3.8) is 0 Å². The number of nitrogens with one attached hydrogen (secondary N) is 1. The van der Waals surface area contributed by atoms with Crippen molar-refractivity contribution in [3.8, 4) is 5.69 Å². The summed E-state index contributed by atoms with van der Waals surface area (Å²) in [6.45, 7) is 0. The molecule has 0 saturated heterocycles. The highest BCUT2D eigenvalue weighted by Crippen LogP contribution is 2.27. The van der Waals surface area contributed by atoms with Gasteiger partial charge in [0.25, 0.3) is 0 Å². The van der Waals surface area contributed by atoms with Crippen molar-refractivity contribution < 1.29 is 4.79 Å². The molecular weight excluding hydrogens is 380 g/mol. The minimum Gasteiger partial charge on any atom is -0.324 e. The van der Waals surface area contributed by atoms with E-state index in [2.05, 4.69) is 15.5 Å². The molecule has 0 fully saturated rings. The van der Waals surface area contributed by atoms with Crippen molar-refractivity contribution in [2.45, 2.75) is 4.90 Å². The number of halogens is 1. The molecule has 1 N–H and O–H groups in total. The molecule has 0 aliphatic heterocycles. The van der Waals surface area contributed by atoms with Gasteiger partial charge < -0.3 is 5.32 Å². The second kappa shape index (κ2) is 7.82. The summed E-state index contributed by atoms with van der Waals surface area (Å²) in [5, 5.41) is 12.2. The van der Waals surface area contributed by atoms with Gasteiger partial charge in [-0.1, -0.05) is 48.0 Å². The number of thioether (sulfide) groups is 1. The van der Waals surface area contributed by atoms with Crippen molar-refractivity contribution in [1.29, 1.82) is 0 Å². The highest BCUT2D eigenvalue weighted by Gasteiger charge is 2.12. The van der Waals surface area contributed by atoms with Gasteiger partial charge in [-0.3, -0.25) is 4.79 Å². The number of nitrogens with zero attached hydrogens (tertiary/aromatic N) is 3. The number of anilines is 1. The van der Waals surface area contributed by atoms with Crippen LogP contribution in [0.3, 0.4) is 0 Å². The van der Waals surface area contributed by atoms with Gasteiger partial charge in [0.15, 0.2) is 0 Å². The van der Waals surface area contributed by atoms with E-state index in [-0.39, 0.29) is 5.91 Å². The number of hydrogen-bond donors (Lipinski definition) is 1. The summed E-state index contributed by atoms with van der Waals surface area (Å²) in [4.78, 5) is 14.9. The van der Waals surface area contributed by atoms with E-state index in [1.54, 1.807) is 16.9 Å². The molecule has 1 heterocycles. The zero-order valence-electron chi connectivity index (χ0n) is 14.2. The maximum atomic E-state index is 12.3. The number of benzene rings is 3. The van der Waals surface area contributed by atoms with Crippen LogP contribution in [0, 0.1) is 0 Å². The number of hydrogen-bond acceptors (Lipinski definition) is 4. The second-order valence-corrected chi connectivity index (χ2v) is 7.25. The monoisotopic (exact) mass is 394 g/mol. The number of rotatable bonds is 5. The van der Waals surface area contributed by atoms with Gasteiger partial charge in [-0.25, -0.2) is 0 Å². The van der Waals surface area contributed by atoms with E-state index in [1.807, 2.05) is 60.7 Å². The fourth-order valence-corrected chi connectivity index (χ4v) is 3.49. The predicted octanol–water partition coefficient (Wildman–Crippen LogP) is 4.80. The molecule has 27 heavy (non-hydrogen) atoms. The third kappa shape index (κ3) is 4.13. The van der Waals surface area contributed by atoms with Crippen molar-refractivity contribution in [3.05, 3.63) is 77.8 Å². The quantitative estimate of drug-likeness (QED) is 0.494. The lowest BCUT2D eigenvalue weighted by atomic mass is 10.2. The van der Waals surface area contributed by atoms with Crippen LogP contribution in [-0.4, -0.2) is 26.7 Å². The van der Waals surface area contributed by atoms with Crippen LogP contribution in [0.25, 0.3) is 16.7 Å². The Labute approximate surface area is 165 Å². The summed E-state index contributed by atoms with van der Waals surface area (Å²) in [5.41, 5.74) is 2.72. The second-order valence-electron chi connectivity index (χ2n) is 5.80. The molecule has 0 bridgehead atoms. The van der Waals surface area contributed by atoms with Crippen molar-refractivity contribution >= 4 is 46.0 Å². The molecule has 134 valence electrons. The molecule has 3 aromatic carbocycles. The van der Waals surface area contributed by atoms with E-state index in [4.69, 9.17) is 11.6 Å². The molecule has 0 aliphatic carbocycles. The lowest BCUT2D eigenvalue weighted by molar-refractivity contribution is -0.113. The van der Waals surface area contributed by atoms with Gasteiger partial charge in [0.1, 0.15) is 11.0 Å². The van der Waals surface area contributed by atoms with Crippen molar-refractivity contribution in [2.24, 2.45) is 0 Å². The number of amides is 1. The number of aromatic nitrogens is 3. The van der Waals surface area contributed by atoms with Gasteiger partial charge in [0.2, 0.25) is 5.91 Å². The minimum atomic E-state index is -0.124. The van der Waals surface area contributed by atoms with E-state index >= 15 is 0 Å².